The first-order chi connectivity index (χ1) is 36.7. The Morgan fingerprint density at radius 3 is 0.784 bits per heavy atom. The van der Waals surface area contributed by atoms with Crippen molar-refractivity contribution in [2.45, 2.75) is 398 Å². The van der Waals surface area contributed by atoms with E-state index in [4.69, 9.17) is 0 Å². The maximum atomic E-state index is 12.5. The molecule has 4 heteroatoms. The zero-order chi connectivity index (χ0) is 53.4. The molecular formula is C70H135NO3. The number of nitrogens with one attached hydrogen (secondary N) is 1. The number of carbonyl (C=O) groups is 1. The van der Waals surface area contributed by atoms with Gasteiger partial charge in [-0.05, 0) is 44.9 Å². The molecule has 0 aliphatic heterocycles. The monoisotopic (exact) mass is 1040 g/mol. The largest absolute Gasteiger partial charge is 0.394 e. The summed E-state index contributed by atoms with van der Waals surface area (Å²) in [6, 6.07) is -0.645. The van der Waals surface area contributed by atoms with Crippen molar-refractivity contribution in [3.63, 3.8) is 0 Å². The molecule has 0 bridgehead atoms. The molecule has 0 rings (SSSR count). The highest BCUT2D eigenvalue weighted by molar-refractivity contribution is 5.76. The van der Waals surface area contributed by atoms with Gasteiger partial charge in [0.1, 0.15) is 0 Å². The molecule has 1 amide bonds. The number of aliphatic hydroxyl groups excluding tert-OH is 2. The van der Waals surface area contributed by atoms with E-state index in [-0.39, 0.29) is 12.5 Å². The van der Waals surface area contributed by atoms with E-state index < -0.39 is 12.1 Å². The van der Waals surface area contributed by atoms with Crippen LogP contribution in [0.15, 0.2) is 36.5 Å². The first-order valence-corrected chi connectivity index (χ1v) is 34.2. The van der Waals surface area contributed by atoms with Crippen molar-refractivity contribution in [3.8, 4) is 0 Å². The van der Waals surface area contributed by atoms with Crippen molar-refractivity contribution in [1.82, 2.24) is 5.32 Å². The van der Waals surface area contributed by atoms with E-state index in [0.29, 0.717) is 6.42 Å². The lowest BCUT2D eigenvalue weighted by Gasteiger charge is -2.19. The van der Waals surface area contributed by atoms with Gasteiger partial charge in [0.2, 0.25) is 5.91 Å². The Morgan fingerprint density at radius 1 is 0.311 bits per heavy atom. The minimum atomic E-state index is -0.870. The molecule has 0 radical (unpaired) electrons. The number of hydrogen-bond donors (Lipinski definition) is 3. The van der Waals surface area contributed by atoms with E-state index in [1.165, 1.54) is 327 Å². The number of hydrogen-bond acceptors (Lipinski definition) is 3. The molecule has 0 aromatic heterocycles. The van der Waals surface area contributed by atoms with E-state index in [1.54, 1.807) is 6.08 Å². The Hall–Kier alpha value is -1.39. The number of carbonyl (C=O) groups excluding carboxylic acids is 1. The smallest absolute Gasteiger partial charge is 0.220 e. The zero-order valence-corrected chi connectivity index (χ0v) is 50.6. The first-order valence-electron chi connectivity index (χ1n) is 34.2. The molecule has 0 heterocycles. The van der Waals surface area contributed by atoms with E-state index in [0.717, 1.165) is 38.5 Å². The van der Waals surface area contributed by atoms with Crippen LogP contribution in [0.25, 0.3) is 0 Å². The zero-order valence-electron chi connectivity index (χ0n) is 50.6. The molecule has 0 spiro atoms. The number of rotatable bonds is 64. The van der Waals surface area contributed by atoms with Gasteiger partial charge in [0.15, 0.2) is 0 Å². The average molecular weight is 1040 g/mol. The highest BCUT2D eigenvalue weighted by Gasteiger charge is 2.18. The molecule has 74 heavy (non-hydrogen) atoms. The lowest BCUT2D eigenvalue weighted by Crippen LogP contribution is -2.45. The predicted molar refractivity (Wildman–Crippen MR) is 332 cm³/mol. The standard InChI is InChI=1S/C70H135NO3/c1-3-5-7-9-11-13-15-17-19-21-23-25-27-29-31-33-35-37-39-41-43-45-47-49-51-53-55-57-59-61-63-65-69(73)68(67-72)71-70(74)66-64-62-60-58-56-54-52-50-48-46-44-42-40-38-36-34-32-30-28-26-24-22-20-18-16-14-12-10-8-6-4-2/h47,49,55,57,63,65,68-69,72-73H,3-46,48,50-54,56,58-62,64,66-67H2,1-2H3,(H,71,74)/b49-47+,57-55+,65-63+. The summed E-state index contributed by atoms with van der Waals surface area (Å²) in [4.78, 5) is 12.5. The molecule has 0 aromatic rings. The molecule has 0 aliphatic carbocycles. The molecule has 0 aliphatic rings. The van der Waals surface area contributed by atoms with Crippen LogP contribution in [0.1, 0.15) is 386 Å². The minimum Gasteiger partial charge on any atom is -0.394 e. The van der Waals surface area contributed by atoms with Crippen LogP contribution in [0, 0.1) is 0 Å². The summed E-state index contributed by atoms with van der Waals surface area (Å²) in [5, 5.41) is 23.2. The van der Waals surface area contributed by atoms with Gasteiger partial charge in [-0.1, -0.05) is 371 Å². The second kappa shape index (κ2) is 65.9. The summed E-state index contributed by atoms with van der Waals surface area (Å²) in [7, 11) is 0. The molecule has 0 saturated carbocycles. The Labute approximate surface area is 465 Å². The predicted octanol–water partition coefficient (Wildman–Crippen LogP) is 23.2. The third-order valence-corrected chi connectivity index (χ3v) is 16.1. The van der Waals surface area contributed by atoms with Crippen LogP contribution in [-0.2, 0) is 4.79 Å². The Morgan fingerprint density at radius 2 is 0.527 bits per heavy atom. The minimum absolute atomic E-state index is 0.0696. The van der Waals surface area contributed by atoms with Crippen molar-refractivity contribution in [2.24, 2.45) is 0 Å². The summed E-state index contributed by atoms with van der Waals surface area (Å²) in [5.74, 6) is -0.0696. The third-order valence-electron chi connectivity index (χ3n) is 16.1. The van der Waals surface area contributed by atoms with Crippen molar-refractivity contribution >= 4 is 5.91 Å². The first kappa shape index (κ1) is 72.6. The molecule has 2 unspecified atom stereocenters. The van der Waals surface area contributed by atoms with E-state index in [1.807, 2.05) is 6.08 Å². The van der Waals surface area contributed by atoms with Crippen molar-refractivity contribution in [1.29, 1.82) is 0 Å². The SMILES string of the molecule is CCCCCCCCCCCCCCCCCCCCCCC/C=C/CC/C=C/CC/C=C/C(O)C(CO)NC(=O)CCCCCCCCCCCCCCCCCCCCCCCCCCCCCCCCC. The van der Waals surface area contributed by atoms with Crippen LogP contribution < -0.4 is 5.32 Å². The second-order valence-electron chi connectivity index (χ2n) is 23.6. The maximum absolute atomic E-state index is 12.5. The molecule has 0 aromatic carbocycles. The summed E-state index contributed by atoms with van der Waals surface area (Å²) in [6.07, 6.45) is 90.9. The fourth-order valence-electron chi connectivity index (χ4n) is 10.9. The number of amides is 1. The van der Waals surface area contributed by atoms with Gasteiger partial charge >= 0.3 is 0 Å². The van der Waals surface area contributed by atoms with Crippen molar-refractivity contribution < 1.29 is 15.0 Å². The van der Waals surface area contributed by atoms with Gasteiger partial charge in [0.05, 0.1) is 18.8 Å². The summed E-state index contributed by atoms with van der Waals surface area (Å²) in [5.41, 5.74) is 0. The van der Waals surface area contributed by atoms with Gasteiger partial charge in [-0.15, -0.1) is 0 Å². The lowest BCUT2D eigenvalue weighted by atomic mass is 10.0. The van der Waals surface area contributed by atoms with Crippen molar-refractivity contribution in [3.05, 3.63) is 36.5 Å². The highest BCUT2D eigenvalue weighted by atomic mass is 16.3. The molecular weight excluding hydrogens is 903 g/mol. The molecule has 3 N–H and O–H groups in total. The Kier molecular flexibility index (Phi) is 64.7. The average Bonchev–Trinajstić information content (AvgIpc) is 3.40. The maximum Gasteiger partial charge on any atom is 0.220 e. The topological polar surface area (TPSA) is 69.6 Å². The second-order valence-corrected chi connectivity index (χ2v) is 23.6. The van der Waals surface area contributed by atoms with E-state index in [2.05, 4.69) is 43.5 Å². The van der Waals surface area contributed by atoms with Gasteiger partial charge in [-0.3, -0.25) is 4.79 Å². The van der Waals surface area contributed by atoms with Crippen molar-refractivity contribution in [2.75, 3.05) is 6.61 Å². The Bertz CT molecular complexity index is 1130. The van der Waals surface area contributed by atoms with Gasteiger partial charge in [0.25, 0.3) is 0 Å². The summed E-state index contributed by atoms with van der Waals surface area (Å²) >= 11 is 0. The van der Waals surface area contributed by atoms with Crippen LogP contribution in [0.3, 0.4) is 0 Å². The van der Waals surface area contributed by atoms with Crippen LogP contribution in [0.5, 0.6) is 0 Å². The molecule has 0 fully saturated rings. The number of aliphatic hydroxyl groups is 2. The molecule has 0 saturated heterocycles. The van der Waals surface area contributed by atoms with Crippen LogP contribution in [-0.4, -0.2) is 34.9 Å². The third kappa shape index (κ3) is 61.5. The molecule has 438 valence electrons. The molecule has 4 nitrogen and oxygen atoms in total. The fraction of sp³-hybridized carbons (Fsp3) is 0.900. The normalized spacial score (nSPS) is 12.9. The van der Waals surface area contributed by atoms with Crippen LogP contribution in [0.2, 0.25) is 0 Å². The summed E-state index contributed by atoms with van der Waals surface area (Å²) in [6.45, 7) is 4.35. The van der Waals surface area contributed by atoms with E-state index in [9.17, 15) is 15.0 Å². The van der Waals surface area contributed by atoms with Gasteiger partial charge in [-0.25, -0.2) is 0 Å². The van der Waals surface area contributed by atoms with Crippen LogP contribution in [0.4, 0.5) is 0 Å². The van der Waals surface area contributed by atoms with Gasteiger partial charge < -0.3 is 15.5 Å². The molecule has 2 atom stereocenters. The van der Waals surface area contributed by atoms with Gasteiger partial charge in [0, 0.05) is 6.42 Å². The number of unbranched alkanes of at least 4 members (excludes halogenated alkanes) is 53. The number of allylic oxidation sites excluding steroid dienone is 5. The highest BCUT2D eigenvalue weighted by Crippen LogP contribution is 2.19. The quantitative estimate of drug-likeness (QED) is 0.0420. The van der Waals surface area contributed by atoms with Gasteiger partial charge in [-0.2, -0.15) is 0 Å². The fourth-order valence-corrected chi connectivity index (χ4v) is 10.9. The lowest BCUT2D eigenvalue weighted by molar-refractivity contribution is -0.123. The van der Waals surface area contributed by atoms with Crippen LogP contribution >= 0.6 is 0 Å². The summed E-state index contributed by atoms with van der Waals surface area (Å²) < 4.78 is 0. The Balaban J connectivity index is 3.47. The van der Waals surface area contributed by atoms with E-state index >= 15 is 0 Å².